The summed E-state index contributed by atoms with van der Waals surface area (Å²) >= 11 is 1.76. The molecule has 2 heterocycles. The van der Waals surface area contributed by atoms with Crippen LogP contribution in [-0.4, -0.2) is 55.2 Å². The number of hydrogen-bond acceptors (Lipinski definition) is 4. The molecular formula is C19H26FIN4OS. The van der Waals surface area contributed by atoms with E-state index in [0.717, 1.165) is 38.7 Å². The smallest absolute Gasteiger partial charge is 0.194 e. The van der Waals surface area contributed by atoms with Crippen molar-refractivity contribution in [3.05, 3.63) is 53.2 Å². The molecule has 2 aromatic rings. The lowest BCUT2D eigenvalue weighted by Crippen LogP contribution is -2.52. The van der Waals surface area contributed by atoms with Gasteiger partial charge in [0, 0.05) is 32.7 Å². The molecule has 5 nitrogen and oxygen atoms in total. The van der Waals surface area contributed by atoms with E-state index in [1.807, 2.05) is 6.92 Å². The molecule has 2 N–H and O–H groups in total. The van der Waals surface area contributed by atoms with Crippen molar-refractivity contribution in [3.63, 3.8) is 0 Å². The topological polar surface area (TPSA) is 51.1 Å². The van der Waals surface area contributed by atoms with Crippen LogP contribution in [0.1, 0.15) is 18.6 Å². The van der Waals surface area contributed by atoms with Crippen LogP contribution in [0.5, 0.6) is 0 Å². The van der Waals surface area contributed by atoms with E-state index in [1.54, 1.807) is 23.5 Å². The number of anilines is 1. The first kappa shape index (κ1) is 21.9. The van der Waals surface area contributed by atoms with E-state index in [0.29, 0.717) is 5.56 Å². The second kappa shape index (κ2) is 10.8. The molecule has 0 saturated carbocycles. The SMILES string of the molecule is CCNC(=NCC(O)c1ccc(F)cc1)N1CCN(c2cccs2)CC1.I. The highest BCUT2D eigenvalue weighted by atomic mass is 127. The van der Waals surface area contributed by atoms with Crippen LogP contribution < -0.4 is 10.2 Å². The summed E-state index contributed by atoms with van der Waals surface area (Å²) in [5.41, 5.74) is 0.675. The highest BCUT2D eigenvalue weighted by Crippen LogP contribution is 2.22. The number of aliphatic imine (C=N–C) groups is 1. The van der Waals surface area contributed by atoms with Gasteiger partial charge in [-0.2, -0.15) is 0 Å². The van der Waals surface area contributed by atoms with Gasteiger partial charge in [0.2, 0.25) is 0 Å². The molecule has 1 unspecified atom stereocenters. The molecule has 8 heteroatoms. The standard InChI is InChI=1S/C19H25FN4OS.HI/c1-2-21-19(22-14-17(25)15-5-7-16(20)8-6-15)24-11-9-23(10-12-24)18-4-3-13-26-18;/h3-8,13,17,25H,2,9-12,14H2,1H3,(H,21,22);1H. The van der Waals surface area contributed by atoms with E-state index < -0.39 is 6.10 Å². The van der Waals surface area contributed by atoms with Crippen molar-refractivity contribution in [1.29, 1.82) is 0 Å². The van der Waals surface area contributed by atoms with E-state index in [4.69, 9.17) is 0 Å². The van der Waals surface area contributed by atoms with Crippen LogP contribution in [-0.2, 0) is 0 Å². The van der Waals surface area contributed by atoms with Gasteiger partial charge in [-0.05, 0) is 42.1 Å². The summed E-state index contributed by atoms with van der Waals surface area (Å²) in [7, 11) is 0. The van der Waals surface area contributed by atoms with Gasteiger partial charge in [0.05, 0.1) is 17.6 Å². The average molecular weight is 504 g/mol. The molecule has 0 amide bonds. The summed E-state index contributed by atoms with van der Waals surface area (Å²) in [6, 6.07) is 10.1. The van der Waals surface area contributed by atoms with Crippen LogP contribution in [0.15, 0.2) is 46.8 Å². The molecule has 0 spiro atoms. The van der Waals surface area contributed by atoms with E-state index in [2.05, 4.69) is 37.6 Å². The molecule has 148 valence electrons. The number of piperazine rings is 1. The zero-order chi connectivity index (χ0) is 18.4. The number of hydrogen-bond donors (Lipinski definition) is 2. The van der Waals surface area contributed by atoms with Crippen molar-refractivity contribution in [3.8, 4) is 0 Å². The van der Waals surface area contributed by atoms with Crippen molar-refractivity contribution >= 4 is 46.3 Å². The van der Waals surface area contributed by atoms with Crippen LogP contribution >= 0.6 is 35.3 Å². The minimum Gasteiger partial charge on any atom is -0.386 e. The summed E-state index contributed by atoms with van der Waals surface area (Å²) in [5, 5.41) is 17.0. The number of nitrogens with zero attached hydrogens (tertiary/aromatic N) is 3. The van der Waals surface area contributed by atoms with Gasteiger partial charge in [-0.1, -0.05) is 12.1 Å². The second-order valence-electron chi connectivity index (χ2n) is 6.19. The van der Waals surface area contributed by atoms with Crippen LogP contribution in [0.3, 0.4) is 0 Å². The van der Waals surface area contributed by atoms with Gasteiger partial charge < -0.3 is 20.2 Å². The van der Waals surface area contributed by atoms with Gasteiger partial charge in [0.15, 0.2) is 5.96 Å². The third-order valence-electron chi connectivity index (χ3n) is 4.40. The molecule has 0 radical (unpaired) electrons. The number of aliphatic hydroxyl groups excluding tert-OH is 1. The minimum atomic E-state index is -0.739. The van der Waals surface area contributed by atoms with Crippen molar-refractivity contribution < 1.29 is 9.50 Å². The number of rotatable bonds is 5. The lowest BCUT2D eigenvalue weighted by Gasteiger charge is -2.37. The fourth-order valence-electron chi connectivity index (χ4n) is 2.98. The molecule has 1 aromatic carbocycles. The second-order valence-corrected chi connectivity index (χ2v) is 7.11. The lowest BCUT2D eigenvalue weighted by atomic mass is 10.1. The Morgan fingerprint density at radius 3 is 2.52 bits per heavy atom. The zero-order valence-electron chi connectivity index (χ0n) is 15.3. The third kappa shape index (κ3) is 6.05. The molecule has 1 aliphatic rings. The van der Waals surface area contributed by atoms with Crippen LogP contribution in [0.25, 0.3) is 0 Å². The molecule has 27 heavy (non-hydrogen) atoms. The van der Waals surface area contributed by atoms with E-state index >= 15 is 0 Å². The van der Waals surface area contributed by atoms with Crippen LogP contribution in [0.4, 0.5) is 9.39 Å². The first-order chi connectivity index (χ1) is 12.7. The Labute approximate surface area is 180 Å². The fraction of sp³-hybridized carbons (Fsp3) is 0.421. The number of thiophene rings is 1. The molecule has 1 aromatic heterocycles. The molecule has 1 atom stereocenters. The molecule has 0 aliphatic carbocycles. The average Bonchev–Trinajstić information content (AvgIpc) is 3.20. The van der Waals surface area contributed by atoms with E-state index in [-0.39, 0.29) is 36.3 Å². The van der Waals surface area contributed by atoms with Gasteiger partial charge in [-0.25, -0.2) is 4.39 Å². The van der Waals surface area contributed by atoms with Crippen molar-refractivity contribution in [1.82, 2.24) is 10.2 Å². The predicted molar refractivity (Wildman–Crippen MR) is 121 cm³/mol. The van der Waals surface area contributed by atoms with Gasteiger partial charge in [0.25, 0.3) is 0 Å². The Morgan fingerprint density at radius 1 is 1.22 bits per heavy atom. The Bertz CT molecular complexity index is 703. The first-order valence-electron chi connectivity index (χ1n) is 8.92. The number of benzene rings is 1. The maximum Gasteiger partial charge on any atom is 0.194 e. The largest absolute Gasteiger partial charge is 0.386 e. The summed E-state index contributed by atoms with van der Waals surface area (Å²) in [4.78, 5) is 9.21. The Morgan fingerprint density at radius 2 is 1.93 bits per heavy atom. The molecule has 1 aliphatic heterocycles. The number of nitrogens with one attached hydrogen (secondary N) is 1. The Kier molecular flexibility index (Phi) is 8.78. The molecule has 0 bridgehead atoms. The molecular weight excluding hydrogens is 478 g/mol. The fourth-order valence-corrected chi connectivity index (χ4v) is 3.76. The van der Waals surface area contributed by atoms with Gasteiger partial charge >= 0.3 is 0 Å². The molecule has 3 rings (SSSR count). The normalized spacial score (nSPS) is 16.0. The van der Waals surface area contributed by atoms with Gasteiger partial charge in [-0.15, -0.1) is 35.3 Å². The Balaban J connectivity index is 0.00000261. The number of guanidine groups is 1. The van der Waals surface area contributed by atoms with Crippen molar-refractivity contribution in [2.45, 2.75) is 13.0 Å². The monoisotopic (exact) mass is 504 g/mol. The van der Waals surface area contributed by atoms with Gasteiger partial charge in [0.1, 0.15) is 5.82 Å². The zero-order valence-corrected chi connectivity index (χ0v) is 18.5. The quantitative estimate of drug-likeness (QED) is 0.373. The highest BCUT2D eigenvalue weighted by molar-refractivity contribution is 14.0. The maximum atomic E-state index is 13.0. The summed E-state index contributed by atoms with van der Waals surface area (Å²) in [5.74, 6) is 0.515. The van der Waals surface area contributed by atoms with Crippen LogP contribution in [0.2, 0.25) is 0 Å². The lowest BCUT2D eigenvalue weighted by molar-refractivity contribution is 0.186. The maximum absolute atomic E-state index is 13.0. The summed E-state index contributed by atoms with van der Waals surface area (Å²) in [6.45, 7) is 6.73. The Hall–Kier alpha value is -1.39. The predicted octanol–water partition coefficient (Wildman–Crippen LogP) is 3.33. The highest BCUT2D eigenvalue weighted by Gasteiger charge is 2.20. The molecule has 1 saturated heterocycles. The third-order valence-corrected chi connectivity index (χ3v) is 5.33. The summed E-state index contributed by atoms with van der Waals surface area (Å²) < 4.78 is 13.0. The summed E-state index contributed by atoms with van der Waals surface area (Å²) in [6.07, 6.45) is -0.739. The van der Waals surface area contributed by atoms with Crippen LogP contribution in [0, 0.1) is 5.82 Å². The molecule has 1 fully saturated rings. The number of aliphatic hydroxyl groups is 1. The van der Waals surface area contributed by atoms with E-state index in [1.165, 1.54) is 17.1 Å². The van der Waals surface area contributed by atoms with Crippen molar-refractivity contribution in [2.75, 3.05) is 44.2 Å². The first-order valence-corrected chi connectivity index (χ1v) is 9.80. The number of halogens is 2. The minimum absolute atomic E-state index is 0. The van der Waals surface area contributed by atoms with E-state index in [9.17, 15) is 9.50 Å². The van der Waals surface area contributed by atoms with Gasteiger partial charge in [-0.3, -0.25) is 4.99 Å². The van der Waals surface area contributed by atoms with Crippen molar-refractivity contribution in [2.24, 2.45) is 4.99 Å².